The lowest BCUT2D eigenvalue weighted by molar-refractivity contribution is -0.143. The van der Waals surface area contributed by atoms with Gasteiger partial charge in [-0.1, -0.05) is 6.92 Å². The Labute approximate surface area is 90.1 Å². The highest BCUT2D eigenvalue weighted by Crippen LogP contribution is 2.23. The van der Waals surface area contributed by atoms with Crippen molar-refractivity contribution in [2.75, 3.05) is 18.8 Å². The van der Waals surface area contributed by atoms with Crippen LogP contribution < -0.4 is 0 Å². The Hall–Kier alpha value is -0.620. The van der Waals surface area contributed by atoms with Gasteiger partial charge in [0.15, 0.2) is 0 Å². The standard InChI is InChI=1S/C9H17NO4S/c1-3-15(13,14)10-5-7(2)4-8(6-10)9(11)12/h7-8H,3-6H2,1-2H3,(H,11,12). The molecule has 0 aromatic heterocycles. The van der Waals surface area contributed by atoms with Crippen molar-refractivity contribution in [2.45, 2.75) is 20.3 Å². The first-order valence-electron chi connectivity index (χ1n) is 5.07. The molecule has 0 spiro atoms. The van der Waals surface area contributed by atoms with Crippen molar-refractivity contribution < 1.29 is 18.3 Å². The molecule has 15 heavy (non-hydrogen) atoms. The van der Waals surface area contributed by atoms with E-state index in [1.54, 1.807) is 6.92 Å². The molecule has 6 heteroatoms. The molecule has 0 aromatic carbocycles. The molecule has 5 nitrogen and oxygen atoms in total. The Morgan fingerprint density at radius 1 is 1.47 bits per heavy atom. The molecular formula is C9H17NO4S. The molecule has 0 radical (unpaired) electrons. The Kier molecular flexibility index (Phi) is 3.72. The van der Waals surface area contributed by atoms with E-state index in [2.05, 4.69) is 0 Å². The minimum Gasteiger partial charge on any atom is -0.481 e. The second kappa shape index (κ2) is 4.49. The Morgan fingerprint density at radius 2 is 2.07 bits per heavy atom. The SMILES string of the molecule is CCS(=O)(=O)N1CC(C)CC(C(=O)O)C1. The largest absolute Gasteiger partial charge is 0.481 e. The average molecular weight is 235 g/mol. The molecule has 1 aliphatic heterocycles. The molecule has 2 atom stereocenters. The van der Waals surface area contributed by atoms with Gasteiger partial charge >= 0.3 is 5.97 Å². The maximum atomic E-state index is 11.6. The Balaban J connectivity index is 2.80. The van der Waals surface area contributed by atoms with Gasteiger partial charge in [-0.3, -0.25) is 4.79 Å². The maximum Gasteiger partial charge on any atom is 0.307 e. The average Bonchev–Trinajstić information content (AvgIpc) is 2.16. The second-order valence-electron chi connectivity index (χ2n) is 4.09. The molecule has 0 amide bonds. The van der Waals surface area contributed by atoms with Crippen molar-refractivity contribution in [2.24, 2.45) is 11.8 Å². The zero-order valence-corrected chi connectivity index (χ0v) is 9.83. The van der Waals surface area contributed by atoms with Crippen LogP contribution in [0, 0.1) is 11.8 Å². The van der Waals surface area contributed by atoms with Gasteiger partial charge in [-0.05, 0) is 19.3 Å². The molecule has 0 saturated carbocycles. The monoisotopic (exact) mass is 235 g/mol. The summed E-state index contributed by atoms with van der Waals surface area (Å²) in [7, 11) is -3.25. The predicted octanol–water partition coefficient (Wildman–Crippen LogP) is 0.379. The third kappa shape index (κ3) is 2.92. The summed E-state index contributed by atoms with van der Waals surface area (Å²) in [5, 5.41) is 8.89. The Morgan fingerprint density at radius 3 is 2.53 bits per heavy atom. The van der Waals surface area contributed by atoms with Gasteiger partial charge in [-0.15, -0.1) is 0 Å². The summed E-state index contributed by atoms with van der Waals surface area (Å²) in [6.07, 6.45) is 0.561. The third-order valence-electron chi connectivity index (χ3n) is 2.73. The number of aliphatic carboxylic acids is 1. The van der Waals surface area contributed by atoms with Crippen molar-refractivity contribution in [3.05, 3.63) is 0 Å². The number of carbonyl (C=O) groups is 1. The lowest BCUT2D eigenvalue weighted by atomic mass is 9.92. The number of carboxylic acid groups (broad SMARTS) is 1. The van der Waals surface area contributed by atoms with Crippen LogP contribution in [0.15, 0.2) is 0 Å². The smallest absolute Gasteiger partial charge is 0.307 e. The lowest BCUT2D eigenvalue weighted by Gasteiger charge is -2.33. The zero-order valence-electron chi connectivity index (χ0n) is 9.01. The predicted molar refractivity (Wildman–Crippen MR) is 55.9 cm³/mol. The van der Waals surface area contributed by atoms with Gasteiger partial charge in [0.2, 0.25) is 10.0 Å². The van der Waals surface area contributed by atoms with Crippen LogP contribution in [0.4, 0.5) is 0 Å². The van der Waals surface area contributed by atoms with Gasteiger partial charge < -0.3 is 5.11 Å². The van der Waals surface area contributed by atoms with Crippen LogP contribution in [0.25, 0.3) is 0 Å². The first kappa shape index (κ1) is 12.4. The van der Waals surface area contributed by atoms with Gasteiger partial charge in [0.25, 0.3) is 0 Å². The van der Waals surface area contributed by atoms with E-state index in [0.717, 1.165) is 0 Å². The molecule has 1 aliphatic rings. The fourth-order valence-electron chi connectivity index (χ4n) is 1.89. The first-order chi connectivity index (χ1) is 6.86. The van der Waals surface area contributed by atoms with Crippen LogP contribution in [-0.4, -0.2) is 42.6 Å². The summed E-state index contributed by atoms with van der Waals surface area (Å²) in [6, 6.07) is 0. The van der Waals surface area contributed by atoms with Crippen LogP contribution in [0.2, 0.25) is 0 Å². The summed E-state index contributed by atoms with van der Waals surface area (Å²) in [5.74, 6) is -1.32. The number of carboxylic acids is 1. The van der Waals surface area contributed by atoms with E-state index in [-0.39, 0.29) is 18.2 Å². The van der Waals surface area contributed by atoms with Crippen molar-refractivity contribution >= 4 is 16.0 Å². The van der Waals surface area contributed by atoms with Crippen LogP contribution in [-0.2, 0) is 14.8 Å². The number of sulfonamides is 1. The first-order valence-corrected chi connectivity index (χ1v) is 6.68. The van der Waals surface area contributed by atoms with E-state index >= 15 is 0 Å². The number of rotatable bonds is 3. The summed E-state index contributed by atoms with van der Waals surface area (Å²) in [4.78, 5) is 10.8. The molecule has 0 aliphatic carbocycles. The van der Waals surface area contributed by atoms with Crippen LogP contribution in [0.3, 0.4) is 0 Å². The highest BCUT2D eigenvalue weighted by molar-refractivity contribution is 7.89. The van der Waals surface area contributed by atoms with Gasteiger partial charge in [0, 0.05) is 13.1 Å². The van der Waals surface area contributed by atoms with E-state index in [1.165, 1.54) is 4.31 Å². The number of hydrogen-bond donors (Lipinski definition) is 1. The number of hydrogen-bond acceptors (Lipinski definition) is 3. The quantitative estimate of drug-likeness (QED) is 0.767. The summed E-state index contributed by atoms with van der Waals surface area (Å²) < 4.78 is 24.5. The molecule has 1 heterocycles. The Bertz CT molecular complexity index is 338. The fourth-order valence-corrected chi connectivity index (χ4v) is 3.15. The van der Waals surface area contributed by atoms with Crippen molar-refractivity contribution in [3.63, 3.8) is 0 Å². The summed E-state index contributed by atoms with van der Waals surface area (Å²) in [6.45, 7) is 4.02. The molecule has 1 saturated heterocycles. The molecule has 1 N–H and O–H groups in total. The van der Waals surface area contributed by atoms with Gasteiger partial charge in [-0.25, -0.2) is 12.7 Å². The molecule has 2 unspecified atom stereocenters. The highest BCUT2D eigenvalue weighted by Gasteiger charge is 2.34. The van der Waals surface area contributed by atoms with Crippen LogP contribution in [0.5, 0.6) is 0 Å². The number of nitrogens with zero attached hydrogens (tertiary/aromatic N) is 1. The zero-order chi connectivity index (χ0) is 11.6. The van der Waals surface area contributed by atoms with Crippen molar-refractivity contribution in [1.82, 2.24) is 4.31 Å². The molecule has 0 bridgehead atoms. The third-order valence-corrected chi connectivity index (χ3v) is 4.55. The minimum absolute atomic E-state index is 0.0338. The van der Waals surface area contributed by atoms with E-state index < -0.39 is 21.9 Å². The van der Waals surface area contributed by atoms with E-state index in [0.29, 0.717) is 13.0 Å². The van der Waals surface area contributed by atoms with Gasteiger partial charge in [-0.2, -0.15) is 0 Å². The summed E-state index contributed by atoms with van der Waals surface area (Å²) in [5.41, 5.74) is 0. The van der Waals surface area contributed by atoms with Gasteiger partial charge in [0.1, 0.15) is 0 Å². The maximum absolute atomic E-state index is 11.6. The van der Waals surface area contributed by atoms with Crippen molar-refractivity contribution in [3.8, 4) is 0 Å². The molecule has 88 valence electrons. The van der Waals surface area contributed by atoms with E-state index in [4.69, 9.17) is 5.11 Å². The lowest BCUT2D eigenvalue weighted by Crippen LogP contribution is -2.46. The number of piperidine rings is 1. The van der Waals surface area contributed by atoms with Gasteiger partial charge in [0.05, 0.1) is 11.7 Å². The molecular weight excluding hydrogens is 218 g/mol. The van der Waals surface area contributed by atoms with Crippen molar-refractivity contribution in [1.29, 1.82) is 0 Å². The second-order valence-corrected chi connectivity index (χ2v) is 6.35. The van der Waals surface area contributed by atoms with Crippen LogP contribution >= 0.6 is 0 Å². The van der Waals surface area contributed by atoms with E-state index in [1.807, 2.05) is 6.92 Å². The van der Waals surface area contributed by atoms with E-state index in [9.17, 15) is 13.2 Å². The minimum atomic E-state index is -3.25. The molecule has 0 aromatic rings. The highest BCUT2D eigenvalue weighted by atomic mass is 32.2. The molecule has 1 fully saturated rings. The topological polar surface area (TPSA) is 74.7 Å². The summed E-state index contributed by atoms with van der Waals surface area (Å²) >= 11 is 0. The fraction of sp³-hybridized carbons (Fsp3) is 0.889. The molecule has 1 rings (SSSR count). The van der Waals surface area contributed by atoms with Crippen LogP contribution in [0.1, 0.15) is 20.3 Å². The normalized spacial score (nSPS) is 28.9.